The van der Waals surface area contributed by atoms with Crippen LogP contribution < -0.4 is 10.6 Å². The lowest BCUT2D eigenvalue weighted by Crippen LogP contribution is -2.44. The molecule has 94 valence electrons. The van der Waals surface area contributed by atoms with E-state index < -0.39 is 0 Å². The molecule has 17 heavy (non-hydrogen) atoms. The number of nitrogens with two attached hydrogens (primary N) is 1. The van der Waals surface area contributed by atoms with Crippen molar-refractivity contribution in [2.24, 2.45) is 5.73 Å². The van der Waals surface area contributed by atoms with E-state index in [1.54, 1.807) is 0 Å². The third kappa shape index (κ3) is 3.00. The van der Waals surface area contributed by atoms with Gasteiger partial charge in [0.15, 0.2) is 0 Å². The van der Waals surface area contributed by atoms with Crippen molar-refractivity contribution in [3.8, 4) is 0 Å². The van der Waals surface area contributed by atoms with Gasteiger partial charge >= 0.3 is 0 Å². The van der Waals surface area contributed by atoms with Crippen molar-refractivity contribution in [3.05, 3.63) is 28.2 Å². The van der Waals surface area contributed by atoms with Gasteiger partial charge < -0.3 is 15.5 Å². The van der Waals surface area contributed by atoms with Gasteiger partial charge in [-0.25, -0.2) is 0 Å². The van der Waals surface area contributed by atoms with E-state index in [9.17, 15) is 0 Å². The van der Waals surface area contributed by atoms with Gasteiger partial charge in [0.2, 0.25) is 0 Å². The van der Waals surface area contributed by atoms with Crippen LogP contribution in [-0.4, -0.2) is 38.1 Å². The van der Waals surface area contributed by atoms with Crippen LogP contribution in [0.5, 0.6) is 0 Å². The quantitative estimate of drug-likeness (QED) is 0.908. The zero-order chi connectivity index (χ0) is 12.4. The number of rotatable bonds is 2. The molecule has 1 aromatic rings. The molecule has 1 fully saturated rings. The first-order valence-electron chi connectivity index (χ1n) is 6.06. The molecule has 1 heterocycles. The van der Waals surface area contributed by atoms with Crippen LogP contribution in [0.25, 0.3) is 0 Å². The highest BCUT2D eigenvalue weighted by Gasteiger charge is 2.16. The first kappa shape index (κ1) is 12.9. The Bertz CT molecular complexity index is 384. The maximum Gasteiger partial charge on any atom is 0.0511 e. The van der Waals surface area contributed by atoms with Gasteiger partial charge in [-0.2, -0.15) is 0 Å². The highest BCUT2D eigenvalue weighted by atomic mass is 79.9. The molecule has 0 unspecified atom stereocenters. The molecule has 0 spiro atoms. The van der Waals surface area contributed by atoms with Crippen molar-refractivity contribution in [2.75, 3.05) is 38.1 Å². The second kappa shape index (κ2) is 5.38. The number of benzene rings is 1. The van der Waals surface area contributed by atoms with Crippen LogP contribution in [0.3, 0.4) is 0 Å². The summed E-state index contributed by atoms with van der Waals surface area (Å²) >= 11 is 3.66. The molecule has 0 radical (unpaired) electrons. The van der Waals surface area contributed by atoms with Gasteiger partial charge in [0.1, 0.15) is 0 Å². The molecule has 0 aliphatic carbocycles. The molecule has 2 N–H and O–H groups in total. The number of nitrogens with zero attached hydrogens (tertiary/aromatic N) is 2. The lowest BCUT2D eigenvalue weighted by atomic mass is 10.1. The molecular weight excluding hydrogens is 278 g/mol. The molecule has 0 amide bonds. The molecule has 3 nitrogen and oxygen atoms in total. The van der Waals surface area contributed by atoms with Crippen molar-refractivity contribution < 1.29 is 0 Å². The maximum atomic E-state index is 5.89. The average molecular weight is 298 g/mol. The molecule has 4 heteroatoms. The van der Waals surface area contributed by atoms with Crippen LogP contribution in [0.2, 0.25) is 0 Å². The summed E-state index contributed by atoms with van der Waals surface area (Å²) in [6, 6.07) is 6.53. The Morgan fingerprint density at radius 2 is 1.88 bits per heavy atom. The minimum Gasteiger partial charge on any atom is -0.368 e. The fraction of sp³-hybridized carbons (Fsp3) is 0.538. The Balaban J connectivity index is 2.16. The van der Waals surface area contributed by atoms with Gasteiger partial charge in [-0.05, 0) is 47.6 Å². The zero-order valence-electron chi connectivity index (χ0n) is 10.5. The minimum atomic E-state index is 0.0906. The van der Waals surface area contributed by atoms with Crippen molar-refractivity contribution in [2.45, 2.75) is 13.0 Å². The third-order valence-electron chi connectivity index (χ3n) is 3.34. The molecule has 0 aromatic heterocycles. The second-order valence-corrected chi connectivity index (χ2v) is 5.64. The predicted octanol–water partition coefficient (Wildman–Crippen LogP) is 2.22. The lowest BCUT2D eigenvalue weighted by Gasteiger charge is -2.34. The van der Waals surface area contributed by atoms with Crippen LogP contribution >= 0.6 is 15.9 Å². The molecule has 1 saturated heterocycles. The Hall–Kier alpha value is -0.580. The van der Waals surface area contributed by atoms with E-state index in [1.165, 1.54) is 11.3 Å². The van der Waals surface area contributed by atoms with E-state index >= 15 is 0 Å². The van der Waals surface area contributed by atoms with Gasteiger partial charge in [0.05, 0.1) is 5.69 Å². The zero-order valence-corrected chi connectivity index (χ0v) is 12.1. The average Bonchev–Trinajstić information content (AvgIpc) is 2.30. The summed E-state index contributed by atoms with van der Waals surface area (Å²) in [5.41, 5.74) is 8.34. The molecule has 0 bridgehead atoms. The van der Waals surface area contributed by atoms with Crippen LogP contribution in [-0.2, 0) is 0 Å². The van der Waals surface area contributed by atoms with Crippen LogP contribution in [0.1, 0.15) is 18.5 Å². The number of likely N-dealkylation sites (N-methyl/N-ethyl adjacent to an activating group) is 1. The summed E-state index contributed by atoms with van der Waals surface area (Å²) in [6.45, 7) is 6.44. The van der Waals surface area contributed by atoms with Gasteiger partial charge in [0, 0.05) is 36.7 Å². The van der Waals surface area contributed by atoms with Crippen LogP contribution in [0, 0.1) is 0 Å². The lowest BCUT2D eigenvalue weighted by molar-refractivity contribution is 0.312. The van der Waals surface area contributed by atoms with Crippen molar-refractivity contribution in [1.29, 1.82) is 0 Å². The standard InChI is InChI=1S/C13H20BrN3/c1-10(15)11-3-4-13(12(14)9-11)17-7-5-16(2)6-8-17/h3-4,9-10H,5-8,15H2,1-2H3/t10-/m1/s1. The maximum absolute atomic E-state index is 5.89. The Kier molecular flexibility index (Phi) is 4.07. The van der Waals surface area contributed by atoms with E-state index in [2.05, 4.69) is 51.0 Å². The smallest absolute Gasteiger partial charge is 0.0511 e. The molecular formula is C13H20BrN3. The van der Waals surface area contributed by atoms with Gasteiger partial charge in [-0.3, -0.25) is 0 Å². The van der Waals surface area contributed by atoms with Crippen LogP contribution in [0.15, 0.2) is 22.7 Å². The van der Waals surface area contributed by atoms with Crippen LogP contribution in [0.4, 0.5) is 5.69 Å². The van der Waals surface area contributed by atoms with E-state index in [4.69, 9.17) is 5.73 Å². The summed E-state index contributed by atoms with van der Waals surface area (Å²) in [7, 11) is 2.17. The highest BCUT2D eigenvalue weighted by Crippen LogP contribution is 2.29. The van der Waals surface area contributed by atoms with E-state index in [-0.39, 0.29) is 6.04 Å². The first-order valence-corrected chi connectivity index (χ1v) is 6.86. The fourth-order valence-corrected chi connectivity index (χ4v) is 2.76. The molecule has 1 atom stereocenters. The van der Waals surface area contributed by atoms with Gasteiger partial charge in [-0.15, -0.1) is 0 Å². The number of piperazine rings is 1. The summed E-state index contributed by atoms with van der Waals surface area (Å²) < 4.78 is 1.15. The minimum absolute atomic E-state index is 0.0906. The van der Waals surface area contributed by atoms with E-state index in [1.807, 2.05) is 6.92 Å². The molecule has 1 aromatic carbocycles. The molecule has 2 rings (SSSR count). The predicted molar refractivity (Wildman–Crippen MR) is 76.5 cm³/mol. The summed E-state index contributed by atoms with van der Waals surface area (Å²) in [5.74, 6) is 0. The highest BCUT2D eigenvalue weighted by molar-refractivity contribution is 9.10. The summed E-state index contributed by atoms with van der Waals surface area (Å²) in [5, 5.41) is 0. The van der Waals surface area contributed by atoms with E-state index in [0.717, 1.165) is 30.7 Å². The first-order chi connectivity index (χ1) is 8.08. The number of hydrogen-bond acceptors (Lipinski definition) is 3. The van der Waals surface area contributed by atoms with Crippen molar-refractivity contribution in [3.63, 3.8) is 0 Å². The number of halogens is 1. The Labute approximate surface area is 112 Å². The third-order valence-corrected chi connectivity index (χ3v) is 3.98. The molecule has 0 saturated carbocycles. The summed E-state index contributed by atoms with van der Waals surface area (Å²) in [6.07, 6.45) is 0. The monoisotopic (exact) mass is 297 g/mol. The topological polar surface area (TPSA) is 32.5 Å². The normalized spacial score (nSPS) is 19.4. The largest absolute Gasteiger partial charge is 0.368 e. The molecule has 1 aliphatic rings. The Morgan fingerprint density at radius 1 is 1.24 bits per heavy atom. The molecule has 1 aliphatic heterocycles. The summed E-state index contributed by atoms with van der Waals surface area (Å²) in [4.78, 5) is 4.79. The Morgan fingerprint density at radius 3 is 2.41 bits per heavy atom. The fourth-order valence-electron chi connectivity index (χ4n) is 2.11. The van der Waals surface area contributed by atoms with Crippen molar-refractivity contribution >= 4 is 21.6 Å². The van der Waals surface area contributed by atoms with Crippen molar-refractivity contribution in [1.82, 2.24) is 4.90 Å². The number of hydrogen-bond donors (Lipinski definition) is 1. The van der Waals surface area contributed by atoms with Gasteiger partial charge in [-0.1, -0.05) is 6.07 Å². The number of anilines is 1. The van der Waals surface area contributed by atoms with E-state index in [0.29, 0.717) is 0 Å². The SMILES string of the molecule is C[C@@H](N)c1ccc(N2CCN(C)CC2)c(Br)c1. The van der Waals surface area contributed by atoms with Gasteiger partial charge in [0.25, 0.3) is 0 Å². The second-order valence-electron chi connectivity index (χ2n) is 4.79.